The van der Waals surface area contributed by atoms with Crippen molar-refractivity contribution >= 4 is 33.0 Å². The SMILES string of the molecule is CCCCCCCCC[P+](CCCCCCCCC)(SCl)c1ccccc1. The highest BCUT2D eigenvalue weighted by Gasteiger charge is 2.40. The second-order valence-electron chi connectivity index (χ2n) is 7.98. The third kappa shape index (κ3) is 11.2. The van der Waals surface area contributed by atoms with Crippen LogP contribution in [0.1, 0.15) is 104 Å². The first-order chi connectivity index (χ1) is 13.3. The lowest BCUT2D eigenvalue weighted by atomic mass is 10.1. The summed E-state index contributed by atoms with van der Waals surface area (Å²) in [7, 11) is 8.29. The Labute approximate surface area is 179 Å². The van der Waals surface area contributed by atoms with Crippen LogP contribution in [0.15, 0.2) is 30.3 Å². The molecule has 0 aromatic heterocycles. The van der Waals surface area contributed by atoms with Crippen molar-refractivity contribution in [1.29, 1.82) is 0 Å². The molecule has 0 bridgehead atoms. The number of halogens is 1. The van der Waals surface area contributed by atoms with Crippen LogP contribution in [-0.4, -0.2) is 12.3 Å². The van der Waals surface area contributed by atoms with Gasteiger partial charge in [-0.1, -0.05) is 96.3 Å². The Balaban J connectivity index is 2.46. The monoisotopic (exact) mass is 429 g/mol. The van der Waals surface area contributed by atoms with Gasteiger partial charge in [0.25, 0.3) is 0 Å². The van der Waals surface area contributed by atoms with Gasteiger partial charge in [0, 0.05) is 10.7 Å². The second-order valence-corrected chi connectivity index (χ2v) is 15.1. The average molecular weight is 430 g/mol. The molecular weight excluding hydrogens is 387 g/mol. The van der Waals surface area contributed by atoms with Crippen LogP contribution in [0.5, 0.6) is 0 Å². The molecule has 0 fully saturated rings. The summed E-state index contributed by atoms with van der Waals surface area (Å²) in [6, 6.07) is 11.2. The molecule has 0 aliphatic carbocycles. The average Bonchev–Trinajstić information content (AvgIpc) is 2.71. The van der Waals surface area contributed by atoms with Gasteiger partial charge in [0.2, 0.25) is 0 Å². The molecular formula is C24H43ClPS+. The fourth-order valence-corrected chi connectivity index (χ4v) is 10.7. The smallest absolute Gasteiger partial charge is 0.0654 e. The molecule has 1 aromatic carbocycles. The topological polar surface area (TPSA) is 0 Å². The molecule has 1 rings (SSSR count). The van der Waals surface area contributed by atoms with E-state index in [0.717, 1.165) is 0 Å². The maximum atomic E-state index is 6.59. The van der Waals surface area contributed by atoms with Crippen molar-refractivity contribution in [3.05, 3.63) is 30.3 Å². The standard InChI is InChI=1S/C24H43ClPS/c1-3-5-7-9-11-13-18-22-26(27-25,24-20-16-15-17-21-24)23-19-14-12-10-8-6-4-2/h15-17,20-21H,3-14,18-19,22-23H2,1-2H3/q+1. The van der Waals surface area contributed by atoms with Gasteiger partial charge < -0.3 is 0 Å². The van der Waals surface area contributed by atoms with Gasteiger partial charge in [-0.2, -0.15) is 0 Å². The molecule has 0 aliphatic rings. The number of unbranched alkanes of at least 4 members (excludes halogenated alkanes) is 12. The van der Waals surface area contributed by atoms with Crippen molar-refractivity contribution in [2.45, 2.75) is 104 Å². The molecule has 0 saturated heterocycles. The maximum Gasteiger partial charge on any atom is 0.130 e. The molecule has 0 atom stereocenters. The Morgan fingerprint density at radius 1 is 0.630 bits per heavy atom. The van der Waals surface area contributed by atoms with Gasteiger partial charge in [-0.15, -0.1) is 0 Å². The van der Waals surface area contributed by atoms with Gasteiger partial charge >= 0.3 is 0 Å². The summed E-state index contributed by atoms with van der Waals surface area (Å²) in [4.78, 5) is 0. The van der Waals surface area contributed by atoms with Crippen LogP contribution in [0.25, 0.3) is 0 Å². The van der Waals surface area contributed by atoms with Crippen molar-refractivity contribution in [1.82, 2.24) is 0 Å². The van der Waals surface area contributed by atoms with Gasteiger partial charge in [0.05, 0.1) is 12.3 Å². The molecule has 0 spiro atoms. The Morgan fingerprint density at radius 3 is 1.44 bits per heavy atom. The largest absolute Gasteiger partial charge is 0.130 e. The lowest BCUT2D eigenvalue weighted by Gasteiger charge is -2.23. The number of benzene rings is 1. The highest BCUT2D eigenvalue weighted by molar-refractivity contribution is 8.74. The van der Waals surface area contributed by atoms with E-state index >= 15 is 0 Å². The molecule has 0 heterocycles. The van der Waals surface area contributed by atoms with Gasteiger partial charge in [-0.3, -0.25) is 0 Å². The van der Waals surface area contributed by atoms with Crippen molar-refractivity contribution in [3.63, 3.8) is 0 Å². The summed E-state index contributed by atoms with van der Waals surface area (Å²) in [6.07, 6.45) is 22.1. The molecule has 0 amide bonds. The van der Waals surface area contributed by atoms with E-state index in [9.17, 15) is 0 Å². The first-order valence-electron chi connectivity index (χ1n) is 11.5. The Morgan fingerprint density at radius 2 is 1.04 bits per heavy atom. The predicted octanol–water partition coefficient (Wildman–Crippen LogP) is 9.63. The lowest BCUT2D eigenvalue weighted by molar-refractivity contribution is 0.600. The summed E-state index contributed by atoms with van der Waals surface area (Å²) in [5.41, 5.74) is 0. The van der Waals surface area contributed by atoms with Gasteiger partial charge in [-0.25, -0.2) is 0 Å². The van der Waals surface area contributed by atoms with Crippen LogP contribution in [0.3, 0.4) is 0 Å². The van der Waals surface area contributed by atoms with E-state index < -0.39 is 6.46 Å². The highest BCUT2D eigenvalue weighted by atomic mass is 35.7. The fraction of sp³-hybridized carbons (Fsp3) is 0.750. The van der Waals surface area contributed by atoms with Crippen LogP contribution < -0.4 is 5.30 Å². The summed E-state index contributed by atoms with van der Waals surface area (Å²) in [5.74, 6) is 0. The van der Waals surface area contributed by atoms with E-state index in [-0.39, 0.29) is 0 Å². The minimum atomic E-state index is -1.27. The van der Waals surface area contributed by atoms with Crippen LogP contribution in [0.4, 0.5) is 0 Å². The zero-order valence-electron chi connectivity index (χ0n) is 17.9. The Hall–Kier alpha value is 0.290. The fourth-order valence-electron chi connectivity index (χ4n) is 3.83. The number of hydrogen-bond acceptors (Lipinski definition) is 1. The Bertz CT molecular complexity index is 419. The van der Waals surface area contributed by atoms with Crippen LogP contribution >= 0.6 is 27.7 Å². The van der Waals surface area contributed by atoms with E-state index in [4.69, 9.17) is 10.7 Å². The molecule has 0 N–H and O–H groups in total. The molecule has 156 valence electrons. The van der Waals surface area contributed by atoms with E-state index in [1.807, 2.05) is 0 Å². The third-order valence-corrected chi connectivity index (χ3v) is 14.1. The molecule has 0 unspecified atom stereocenters. The van der Waals surface area contributed by atoms with E-state index in [1.165, 1.54) is 102 Å². The molecule has 3 heteroatoms. The van der Waals surface area contributed by atoms with Crippen molar-refractivity contribution in [3.8, 4) is 0 Å². The quantitative estimate of drug-likeness (QED) is 0.165. The van der Waals surface area contributed by atoms with E-state index in [2.05, 4.69) is 44.2 Å². The Kier molecular flexibility index (Phi) is 16.1. The minimum absolute atomic E-state index is 1.27. The molecule has 0 saturated carbocycles. The number of hydrogen-bond donors (Lipinski definition) is 0. The first kappa shape index (κ1) is 25.3. The van der Waals surface area contributed by atoms with Crippen molar-refractivity contribution < 1.29 is 0 Å². The van der Waals surface area contributed by atoms with Gasteiger partial charge in [0.1, 0.15) is 22.4 Å². The summed E-state index contributed by atoms with van der Waals surface area (Å²) < 4.78 is 0. The van der Waals surface area contributed by atoms with E-state index in [0.29, 0.717) is 0 Å². The minimum Gasteiger partial charge on any atom is -0.0654 e. The summed E-state index contributed by atoms with van der Waals surface area (Å²) >= 11 is 0. The zero-order chi connectivity index (χ0) is 19.6. The molecule has 1 aromatic rings. The normalized spacial score (nSPS) is 11.8. The first-order valence-corrected chi connectivity index (χ1v) is 15.9. The van der Waals surface area contributed by atoms with Crippen LogP contribution in [0, 0.1) is 0 Å². The van der Waals surface area contributed by atoms with Gasteiger partial charge in [0.15, 0.2) is 0 Å². The summed E-state index contributed by atoms with van der Waals surface area (Å²) in [5, 5.41) is 1.54. The molecule has 0 aliphatic heterocycles. The summed E-state index contributed by atoms with van der Waals surface area (Å²) in [6.45, 7) is 3.31. The van der Waals surface area contributed by atoms with Crippen LogP contribution in [-0.2, 0) is 0 Å². The molecule has 0 nitrogen and oxygen atoms in total. The van der Waals surface area contributed by atoms with Gasteiger partial charge in [-0.05, 0) is 37.8 Å². The lowest BCUT2D eigenvalue weighted by Crippen LogP contribution is -2.14. The van der Waals surface area contributed by atoms with Crippen molar-refractivity contribution in [2.24, 2.45) is 0 Å². The zero-order valence-corrected chi connectivity index (χ0v) is 20.4. The second kappa shape index (κ2) is 17.2. The predicted molar refractivity (Wildman–Crippen MR) is 132 cm³/mol. The third-order valence-electron chi connectivity index (χ3n) is 5.60. The number of rotatable bonds is 18. The van der Waals surface area contributed by atoms with E-state index in [1.54, 1.807) is 15.9 Å². The van der Waals surface area contributed by atoms with Crippen LogP contribution in [0.2, 0.25) is 0 Å². The maximum absolute atomic E-state index is 6.59. The van der Waals surface area contributed by atoms with Crippen molar-refractivity contribution in [2.75, 3.05) is 12.3 Å². The molecule has 0 radical (unpaired) electrons. The highest BCUT2D eigenvalue weighted by Crippen LogP contribution is 2.71. The molecule has 27 heavy (non-hydrogen) atoms.